The summed E-state index contributed by atoms with van der Waals surface area (Å²) in [4.78, 5) is 30.2. The van der Waals surface area contributed by atoms with Crippen molar-refractivity contribution in [2.75, 3.05) is 20.4 Å². The van der Waals surface area contributed by atoms with E-state index in [1.165, 1.54) is 15.8 Å². The summed E-state index contributed by atoms with van der Waals surface area (Å²) in [6.07, 6.45) is 1.89. The molecule has 0 saturated carbocycles. The molecule has 148 valence electrons. The fourth-order valence-electron chi connectivity index (χ4n) is 3.34. The average Bonchev–Trinajstić information content (AvgIpc) is 3.27. The summed E-state index contributed by atoms with van der Waals surface area (Å²) in [7, 11) is 1.66. The number of hydrogen-bond donors (Lipinski definition) is 2. The van der Waals surface area contributed by atoms with Crippen LogP contribution in [0.5, 0.6) is 17.2 Å². The molecular formula is C17H16Cl2N4O5. The molecule has 4 rings (SSSR count). The minimum Gasteiger partial charge on any atom is -0.504 e. The molecule has 0 atom stereocenters. The predicted molar refractivity (Wildman–Crippen MR) is 99.0 cm³/mol. The third-order valence-corrected chi connectivity index (χ3v) is 5.54. The van der Waals surface area contributed by atoms with Crippen molar-refractivity contribution in [3.05, 3.63) is 33.3 Å². The number of benzene rings is 1. The number of phenols is 1. The van der Waals surface area contributed by atoms with Crippen molar-refractivity contribution < 1.29 is 24.2 Å². The minimum absolute atomic E-state index is 0.0694. The molecule has 1 aromatic carbocycles. The zero-order chi connectivity index (χ0) is 20.0. The van der Waals surface area contributed by atoms with Crippen molar-refractivity contribution in [3.8, 4) is 17.2 Å². The van der Waals surface area contributed by atoms with Gasteiger partial charge in [0.1, 0.15) is 11.7 Å². The van der Waals surface area contributed by atoms with Crippen molar-refractivity contribution in [2.45, 2.75) is 19.5 Å². The summed E-state index contributed by atoms with van der Waals surface area (Å²) >= 11 is 11.8. The lowest BCUT2D eigenvalue weighted by Gasteiger charge is -2.28. The zero-order valence-electron chi connectivity index (χ0n) is 14.8. The number of ether oxygens (including phenoxy) is 2. The Morgan fingerprint density at radius 2 is 2.11 bits per heavy atom. The van der Waals surface area contributed by atoms with Crippen LogP contribution in [0.25, 0.3) is 0 Å². The number of carbonyl (C=O) groups is 2. The van der Waals surface area contributed by atoms with Crippen LogP contribution >= 0.6 is 23.2 Å². The van der Waals surface area contributed by atoms with Gasteiger partial charge in [-0.05, 0) is 12.0 Å². The Morgan fingerprint density at radius 3 is 2.82 bits per heavy atom. The highest BCUT2D eigenvalue weighted by Gasteiger charge is 2.35. The molecule has 1 aromatic heterocycles. The number of nitrogens with zero attached hydrogens (tertiary/aromatic N) is 3. The number of halogens is 2. The van der Waals surface area contributed by atoms with Gasteiger partial charge in [-0.3, -0.25) is 9.59 Å². The van der Waals surface area contributed by atoms with Crippen LogP contribution < -0.4 is 14.8 Å². The van der Waals surface area contributed by atoms with E-state index in [1.54, 1.807) is 7.05 Å². The molecule has 0 unspecified atom stereocenters. The van der Waals surface area contributed by atoms with Crippen LogP contribution in [-0.2, 0) is 24.3 Å². The maximum absolute atomic E-state index is 12.6. The number of hydrogen-bond acceptors (Lipinski definition) is 6. The first kappa shape index (κ1) is 18.7. The van der Waals surface area contributed by atoms with Gasteiger partial charge in [-0.1, -0.05) is 23.2 Å². The lowest BCUT2D eigenvalue weighted by atomic mass is 9.91. The number of rotatable bonds is 4. The fourth-order valence-corrected chi connectivity index (χ4v) is 3.64. The SMILES string of the molecule is CN1CCc2c(CNC(=O)Cn3cnc(Cl)c3Cl)c3c(c(O)c2C1=O)OCO3. The molecule has 0 saturated heterocycles. The summed E-state index contributed by atoms with van der Waals surface area (Å²) in [5.41, 5.74) is 1.45. The van der Waals surface area contributed by atoms with Crippen LogP contribution in [0.4, 0.5) is 0 Å². The molecule has 9 nitrogen and oxygen atoms in total. The number of aromatic nitrogens is 2. The van der Waals surface area contributed by atoms with Gasteiger partial charge < -0.3 is 29.4 Å². The summed E-state index contributed by atoms with van der Waals surface area (Å²) in [6, 6.07) is 0. The van der Waals surface area contributed by atoms with Crippen LogP contribution in [0, 0.1) is 0 Å². The molecule has 2 amide bonds. The Balaban J connectivity index is 1.61. The van der Waals surface area contributed by atoms with Crippen LogP contribution in [0.2, 0.25) is 10.3 Å². The number of amides is 2. The van der Waals surface area contributed by atoms with Gasteiger partial charge in [0.05, 0.1) is 11.9 Å². The number of phenolic OH excluding ortho intramolecular Hbond substituents is 1. The van der Waals surface area contributed by atoms with Gasteiger partial charge in [0.2, 0.25) is 18.4 Å². The molecule has 2 N–H and O–H groups in total. The second-order valence-electron chi connectivity index (χ2n) is 6.45. The summed E-state index contributed by atoms with van der Waals surface area (Å²) in [5.74, 6) is -0.392. The van der Waals surface area contributed by atoms with E-state index in [1.807, 2.05) is 0 Å². The van der Waals surface area contributed by atoms with Crippen LogP contribution in [-0.4, -0.2) is 51.8 Å². The van der Waals surface area contributed by atoms with Gasteiger partial charge in [-0.25, -0.2) is 4.98 Å². The maximum atomic E-state index is 12.6. The molecule has 0 bridgehead atoms. The number of nitrogens with one attached hydrogen (secondary N) is 1. The Bertz CT molecular complexity index is 991. The van der Waals surface area contributed by atoms with E-state index in [0.29, 0.717) is 29.8 Å². The van der Waals surface area contributed by atoms with Crippen molar-refractivity contribution in [1.82, 2.24) is 19.8 Å². The van der Waals surface area contributed by atoms with Crippen LogP contribution in [0.3, 0.4) is 0 Å². The number of aromatic hydroxyl groups is 1. The molecular weight excluding hydrogens is 411 g/mol. The van der Waals surface area contributed by atoms with E-state index in [0.717, 1.165) is 0 Å². The normalized spacial score (nSPS) is 15.0. The van der Waals surface area contributed by atoms with Crippen molar-refractivity contribution in [1.29, 1.82) is 0 Å². The van der Waals surface area contributed by atoms with Gasteiger partial charge in [0.15, 0.2) is 16.7 Å². The monoisotopic (exact) mass is 426 g/mol. The van der Waals surface area contributed by atoms with Crippen LogP contribution in [0.1, 0.15) is 21.5 Å². The van der Waals surface area contributed by atoms with Gasteiger partial charge in [0.25, 0.3) is 5.91 Å². The molecule has 2 aliphatic rings. The highest BCUT2D eigenvalue weighted by molar-refractivity contribution is 6.40. The zero-order valence-corrected chi connectivity index (χ0v) is 16.3. The van der Waals surface area contributed by atoms with E-state index >= 15 is 0 Å². The van der Waals surface area contributed by atoms with E-state index < -0.39 is 0 Å². The smallest absolute Gasteiger partial charge is 0.257 e. The molecule has 3 heterocycles. The average molecular weight is 427 g/mol. The molecule has 28 heavy (non-hydrogen) atoms. The van der Waals surface area contributed by atoms with Gasteiger partial charge in [0, 0.05) is 25.7 Å². The number of fused-ring (bicyclic) bond motifs is 2. The molecule has 0 fully saturated rings. The highest BCUT2D eigenvalue weighted by Crippen LogP contribution is 2.48. The summed E-state index contributed by atoms with van der Waals surface area (Å²) in [5, 5.41) is 13.6. The third kappa shape index (κ3) is 3.00. The fraction of sp³-hybridized carbons (Fsp3) is 0.353. The van der Waals surface area contributed by atoms with Gasteiger partial charge in [-0.2, -0.15) is 0 Å². The van der Waals surface area contributed by atoms with Crippen LogP contribution in [0.15, 0.2) is 6.33 Å². The van der Waals surface area contributed by atoms with E-state index in [9.17, 15) is 14.7 Å². The third-order valence-electron chi connectivity index (χ3n) is 4.77. The summed E-state index contributed by atoms with van der Waals surface area (Å²) in [6.45, 7) is 0.457. The highest BCUT2D eigenvalue weighted by atomic mass is 35.5. The van der Waals surface area contributed by atoms with E-state index in [-0.39, 0.29) is 59.1 Å². The van der Waals surface area contributed by atoms with Gasteiger partial charge in [-0.15, -0.1) is 0 Å². The number of imidazole rings is 1. The Labute approximate surface area is 169 Å². The Hall–Kier alpha value is -2.65. The molecule has 11 heteroatoms. The quantitative estimate of drug-likeness (QED) is 0.768. The first-order chi connectivity index (χ1) is 13.4. The van der Waals surface area contributed by atoms with E-state index in [2.05, 4.69) is 10.3 Å². The Morgan fingerprint density at radius 1 is 1.36 bits per heavy atom. The van der Waals surface area contributed by atoms with Crippen molar-refractivity contribution in [3.63, 3.8) is 0 Å². The molecule has 2 aliphatic heterocycles. The lowest BCUT2D eigenvalue weighted by molar-refractivity contribution is -0.121. The van der Waals surface area contributed by atoms with Crippen molar-refractivity contribution >= 4 is 35.0 Å². The number of carbonyl (C=O) groups excluding carboxylic acids is 2. The molecule has 2 aromatic rings. The molecule has 0 aliphatic carbocycles. The topological polar surface area (TPSA) is 106 Å². The maximum Gasteiger partial charge on any atom is 0.257 e. The Kier molecular flexibility index (Phi) is 4.72. The second-order valence-corrected chi connectivity index (χ2v) is 7.17. The second kappa shape index (κ2) is 7.06. The first-order valence-electron chi connectivity index (χ1n) is 8.43. The first-order valence-corrected chi connectivity index (χ1v) is 9.18. The number of likely N-dealkylation sites (N-methyl/N-ethyl adjacent to an activating group) is 1. The largest absolute Gasteiger partial charge is 0.504 e. The molecule has 0 spiro atoms. The van der Waals surface area contributed by atoms with Crippen molar-refractivity contribution in [2.24, 2.45) is 0 Å². The van der Waals surface area contributed by atoms with Gasteiger partial charge >= 0.3 is 0 Å². The lowest BCUT2D eigenvalue weighted by Crippen LogP contribution is -2.35. The molecule has 0 radical (unpaired) electrons. The standard InChI is InChI=1S/C17H16Cl2N4O5/c1-22-3-2-8-9(4-20-10(24)5-23-6-21-15(18)16(23)19)13-14(28-7-27-13)12(25)11(8)17(22)26/h6,25H,2-5,7H2,1H3,(H,20,24). The minimum atomic E-state index is -0.329. The summed E-state index contributed by atoms with van der Waals surface area (Å²) < 4.78 is 12.3. The van der Waals surface area contributed by atoms with E-state index in [4.69, 9.17) is 32.7 Å². The predicted octanol–water partition coefficient (Wildman–Crippen LogP) is 1.57.